The van der Waals surface area contributed by atoms with E-state index >= 15 is 0 Å². The Hall–Kier alpha value is -9.18. The minimum atomic E-state index is 0.890. The molecule has 3 heteroatoms. The molecule has 0 bridgehead atoms. The Kier molecular flexibility index (Phi) is 9.84. The second-order valence-electron chi connectivity index (χ2n) is 17.6. The number of para-hydroxylation sites is 6. The zero-order chi connectivity index (χ0) is 45.7. The Morgan fingerprint density at radius 3 is 1.61 bits per heavy atom. The molecule has 0 saturated carbocycles. The smallest absolute Gasteiger partial charge is 0.143 e. The van der Waals surface area contributed by atoms with Gasteiger partial charge in [-0.3, -0.25) is 0 Å². The monoisotopic (exact) mass is 880 g/mol. The number of furan rings is 1. The number of nitrogens with zero attached hydrogens (tertiary/aromatic N) is 2. The van der Waals surface area contributed by atoms with Crippen LogP contribution in [0.1, 0.15) is 0 Å². The molecule has 0 aliphatic carbocycles. The number of aromatic nitrogens is 1. The highest BCUT2D eigenvalue weighted by Gasteiger charge is 2.21. The third-order valence-electron chi connectivity index (χ3n) is 13.6. The van der Waals surface area contributed by atoms with Crippen LogP contribution in [-0.4, -0.2) is 4.57 Å². The molecule has 0 aliphatic heterocycles. The highest BCUT2D eigenvalue weighted by molar-refractivity contribution is 6.11. The first-order valence-corrected chi connectivity index (χ1v) is 23.6. The van der Waals surface area contributed by atoms with Crippen LogP contribution in [0.3, 0.4) is 0 Å². The number of hydrogen-bond donors (Lipinski definition) is 0. The maximum atomic E-state index is 6.58. The van der Waals surface area contributed by atoms with E-state index in [1.165, 1.54) is 49.6 Å². The Balaban J connectivity index is 0.955. The van der Waals surface area contributed by atoms with Gasteiger partial charge in [-0.1, -0.05) is 206 Å². The Bertz CT molecular complexity index is 3970. The molecular weight excluding hydrogens is 837 g/mol. The van der Waals surface area contributed by atoms with E-state index in [-0.39, 0.29) is 0 Å². The predicted molar refractivity (Wildman–Crippen MR) is 290 cm³/mol. The van der Waals surface area contributed by atoms with Crippen molar-refractivity contribution in [2.24, 2.45) is 0 Å². The number of anilines is 3. The normalized spacial score (nSPS) is 11.5. The summed E-state index contributed by atoms with van der Waals surface area (Å²) in [7, 11) is 0. The zero-order valence-corrected chi connectivity index (χ0v) is 37.7. The second-order valence-corrected chi connectivity index (χ2v) is 17.6. The molecule has 69 heavy (non-hydrogen) atoms. The van der Waals surface area contributed by atoms with Gasteiger partial charge >= 0.3 is 0 Å². The van der Waals surface area contributed by atoms with Gasteiger partial charge < -0.3 is 13.9 Å². The molecule has 324 valence electrons. The second kappa shape index (κ2) is 16.9. The summed E-state index contributed by atoms with van der Waals surface area (Å²) in [5, 5.41) is 4.73. The predicted octanol–water partition coefficient (Wildman–Crippen LogP) is 18.5. The molecule has 3 nitrogen and oxygen atoms in total. The lowest BCUT2D eigenvalue weighted by Gasteiger charge is -2.28. The van der Waals surface area contributed by atoms with Crippen molar-refractivity contribution in [3.8, 4) is 61.3 Å². The molecule has 0 spiro atoms. The van der Waals surface area contributed by atoms with Crippen LogP contribution in [0.2, 0.25) is 0 Å². The van der Waals surface area contributed by atoms with E-state index < -0.39 is 0 Å². The number of rotatable bonds is 9. The van der Waals surface area contributed by atoms with Crippen molar-refractivity contribution >= 4 is 60.8 Å². The van der Waals surface area contributed by atoms with Gasteiger partial charge in [0.25, 0.3) is 0 Å². The summed E-state index contributed by atoms with van der Waals surface area (Å²) < 4.78 is 9.00. The molecular formula is C66H44N2O. The molecule has 2 heterocycles. The fourth-order valence-corrected chi connectivity index (χ4v) is 10.5. The summed E-state index contributed by atoms with van der Waals surface area (Å²) in [4.78, 5) is 2.40. The lowest BCUT2D eigenvalue weighted by Crippen LogP contribution is -2.11. The van der Waals surface area contributed by atoms with Gasteiger partial charge in [-0.25, -0.2) is 0 Å². The molecule has 0 atom stereocenters. The highest BCUT2D eigenvalue weighted by atomic mass is 16.3. The van der Waals surface area contributed by atoms with Crippen LogP contribution < -0.4 is 4.90 Å². The first-order valence-electron chi connectivity index (χ1n) is 23.6. The minimum absolute atomic E-state index is 0.890. The Morgan fingerprint density at radius 2 is 0.826 bits per heavy atom. The van der Waals surface area contributed by atoms with Gasteiger partial charge in [-0.15, -0.1) is 0 Å². The summed E-state index contributed by atoms with van der Waals surface area (Å²) in [6.45, 7) is 0. The SMILES string of the molecule is c1ccc(-c2cccc(-c3ccccc3N(c3ccc(-c4ccccc4-c4ccccc4-n4c5ccccc5c5ccccc54)cc3)c3cccc(-c4cccc5c4oc4ccccc45)c3)c2)cc1. The van der Waals surface area contributed by atoms with Crippen LogP contribution in [0, 0.1) is 0 Å². The van der Waals surface area contributed by atoms with Crippen LogP contribution in [-0.2, 0) is 0 Å². The third kappa shape index (κ3) is 6.99. The van der Waals surface area contributed by atoms with Crippen molar-refractivity contribution in [1.82, 2.24) is 4.57 Å². The van der Waals surface area contributed by atoms with Crippen molar-refractivity contribution in [3.63, 3.8) is 0 Å². The molecule has 0 N–H and O–H groups in total. The van der Waals surface area contributed by atoms with Crippen molar-refractivity contribution in [2.45, 2.75) is 0 Å². The first kappa shape index (κ1) is 40.1. The highest BCUT2D eigenvalue weighted by Crippen LogP contribution is 2.45. The molecule has 0 saturated heterocycles. The number of fused-ring (bicyclic) bond motifs is 6. The van der Waals surface area contributed by atoms with Gasteiger partial charge in [0.1, 0.15) is 11.2 Å². The largest absolute Gasteiger partial charge is 0.455 e. The fourth-order valence-electron chi connectivity index (χ4n) is 10.5. The van der Waals surface area contributed by atoms with Gasteiger partial charge in [0.15, 0.2) is 0 Å². The van der Waals surface area contributed by atoms with Crippen LogP contribution in [0.15, 0.2) is 271 Å². The lowest BCUT2D eigenvalue weighted by atomic mass is 9.93. The van der Waals surface area contributed by atoms with Crippen molar-refractivity contribution in [1.29, 1.82) is 0 Å². The minimum Gasteiger partial charge on any atom is -0.455 e. The van der Waals surface area contributed by atoms with E-state index in [2.05, 4.69) is 264 Å². The van der Waals surface area contributed by atoms with E-state index in [1.807, 2.05) is 12.1 Å². The third-order valence-corrected chi connectivity index (χ3v) is 13.6. The van der Waals surface area contributed by atoms with Gasteiger partial charge in [0.05, 0.1) is 22.4 Å². The molecule has 0 fully saturated rings. The lowest BCUT2D eigenvalue weighted by molar-refractivity contribution is 0.670. The van der Waals surface area contributed by atoms with Crippen LogP contribution >= 0.6 is 0 Å². The molecule has 0 unspecified atom stereocenters. The van der Waals surface area contributed by atoms with Crippen LogP contribution in [0.5, 0.6) is 0 Å². The van der Waals surface area contributed by atoms with Gasteiger partial charge in [0, 0.05) is 49.6 Å². The summed E-state index contributed by atoms with van der Waals surface area (Å²) >= 11 is 0. The van der Waals surface area contributed by atoms with E-state index in [0.29, 0.717) is 0 Å². The zero-order valence-electron chi connectivity index (χ0n) is 37.7. The van der Waals surface area contributed by atoms with Crippen LogP contribution in [0.4, 0.5) is 17.1 Å². The molecule has 2 aromatic heterocycles. The molecule has 0 aliphatic rings. The van der Waals surface area contributed by atoms with E-state index in [4.69, 9.17) is 4.42 Å². The summed E-state index contributed by atoms with van der Waals surface area (Å²) in [6, 6.07) is 96.1. The molecule has 0 radical (unpaired) electrons. The van der Waals surface area contributed by atoms with Gasteiger partial charge in [-0.05, 0) is 99.6 Å². The maximum Gasteiger partial charge on any atom is 0.143 e. The fraction of sp³-hybridized carbons (Fsp3) is 0. The van der Waals surface area contributed by atoms with Crippen LogP contribution in [0.25, 0.3) is 105 Å². The van der Waals surface area contributed by atoms with Crippen molar-refractivity contribution in [2.75, 3.05) is 4.90 Å². The summed E-state index contributed by atoms with van der Waals surface area (Å²) in [6.07, 6.45) is 0. The standard InChI is InChI=1S/C66H44N2O/c1-2-19-45(20-3-1)47-21-16-22-48(43-47)53-26-6-11-34-61(53)67(51-24-17-23-49(44-51)54-32-18-33-60-59-31-10-15-38-65(59)69-66(54)60)50-41-39-46(40-42-50)52-25-4-5-27-55(52)56-28-7-12-35-62(56)68-63-36-13-8-29-57(63)58-30-9-14-37-64(58)68/h1-44H. The summed E-state index contributed by atoms with van der Waals surface area (Å²) in [5.41, 5.74) is 19.9. The maximum absolute atomic E-state index is 6.58. The van der Waals surface area contributed by atoms with Crippen molar-refractivity contribution in [3.05, 3.63) is 267 Å². The molecule has 11 aromatic carbocycles. The average molecular weight is 881 g/mol. The Morgan fingerprint density at radius 1 is 0.290 bits per heavy atom. The van der Waals surface area contributed by atoms with E-state index in [0.717, 1.165) is 72.5 Å². The molecule has 0 amide bonds. The Labute approximate surface area is 401 Å². The van der Waals surface area contributed by atoms with E-state index in [1.54, 1.807) is 0 Å². The average Bonchev–Trinajstić information content (AvgIpc) is 3.98. The van der Waals surface area contributed by atoms with Gasteiger partial charge in [-0.2, -0.15) is 0 Å². The summed E-state index contributed by atoms with van der Waals surface area (Å²) in [5.74, 6) is 0. The number of hydrogen-bond acceptors (Lipinski definition) is 2. The molecule has 13 aromatic rings. The van der Waals surface area contributed by atoms with Crippen molar-refractivity contribution < 1.29 is 4.42 Å². The number of benzene rings is 11. The molecule has 13 rings (SSSR count). The first-order chi connectivity index (χ1) is 34.2. The van der Waals surface area contributed by atoms with Gasteiger partial charge in [0.2, 0.25) is 0 Å². The quantitative estimate of drug-likeness (QED) is 0.144. The topological polar surface area (TPSA) is 21.3 Å². The van der Waals surface area contributed by atoms with E-state index in [9.17, 15) is 0 Å².